The molecule has 6 heteroatoms. The zero-order chi connectivity index (χ0) is 23.7. The minimum atomic E-state index is 0.185. The Morgan fingerprint density at radius 3 is 2.26 bits per heavy atom. The monoisotopic (exact) mass is 468 g/mol. The van der Waals surface area contributed by atoms with E-state index in [2.05, 4.69) is 53.3 Å². The molecule has 0 spiro atoms. The maximum absolute atomic E-state index is 13.7. The van der Waals surface area contributed by atoms with Crippen LogP contribution in [0.15, 0.2) is 23.0 Å². The molecule has 2 saturated heterocycles. The number of aryl methyl sites for hydroxylation is 1. The Balaban J connectivity index is 1.29. The molecule has 188 valence electrons. The molecule has 0 radical (unpaired) electrons. The second kappa shape index (κ2) is 10.5. The lowest BCUT2D eigenvalue weighted by molar-refractivity contribution is 0.0363. The summed E-state index contributed by atoms with van der Waals surface area (Å²) in [6.45, 7) is 14.3. The van der Waals surface area contributed by atoms with Crippen LogP contribution >= 0.6 is 0 Å². The molecule has 2 aromatic rings. The molecule has 0 amide bonds. The fraction of sp³-hybridized carbons (Fsp3) is 0.750. The number of piperidine rings is 1. The van der Waals surface area contributed by atoms with Crippen LogP contribution in [0, 0.1) is 18.8 Å². The summed E-state index contributed by atoms with van der Waals surface area (Å²) < 4.78 is 9.67. The van der Waals surface area contributed by atoms with Crippen LogP contribution in [0.25, 0.3) is 11.0 Å². The molecule has 2 aliphatic heterocycles. The molecule has 0 unspecified atom stereocenters. The Kier molecular flexibility index (Phi) is 7.47. The van der Waals surface area contributed by atoms with Gasteiger partial charge in [-0.15, -0.1) is 0 Å². The fourth-order valence-electron chi connectivity index (χ4n) is 6.67. The van der Waals surface area contributed by atoms with E-state index in [1.807, 2.05) is 4.57 Å². The van der Waals surface area contributed by atoms with Crippen molar-refractivity contribution in [1.82, 2.24) is 18.9 Å². The summed E-state index contributed by atoms with van der Waals surface area (Å²) >= 11 is 0. The topological polar surface area (TPSA) is 42.6 Å². The number of hydrogen-bond donors (Lipinski definition) is 0. The highest BCUT2D eigenvalue weighted by Crippen LogP contribution is 2.35. The van der Waals surface area contributed by atoms with Gasteiger partial charge in [0.05, 0.1) is 24.2 Å². The largest absolute Gasteiger partial charge is 0.379 e. The van der Waals surface area contributed by atoms with Crippen LogP contribution in [0.4, 0.5) is 0 Å². The van der Waals surface area contributed by atoms with Gasteiger partial charge in [-0.25, -0.2) is 4.79 Å². The summed E-state index contributed by atoms with van der Waals surface area (Å²) in [5, 5.41) is 0. The van der Waals surface area contributed by atoms with Gasteiger partial charge in [0.2, 0.25) is 0 Å². The number of fused-ring (bicyclic) bond motifs is 1. The Morgan fingerprint density at radius 2 is 1.59 bits per heavy atom. The van der Waals surface area contributed by atoms with Gasteiger partial charge in [-0.3, -0.25) is 14.0 Å². The first kappa shape index (κ1) is 24.1. The highest BCUT2D eigenvalue weighted by molar-refractivity contribution is 5.77. The van der Waals surface area contributed by atoms with Gasteiger partial charge in [0, 0.05) is 51.4 Å². The Morgan fingerprint density at radius 1 is 0.882 bits per heavy atom. The molecule has 1 aliphatic carbocycles. The van der Waals surface area contributed by atoms with Gasteiger partial charge >= 0.3 is 5.69 Å². The molecule has 34 heavy (non-hydrogen) atoms. The van der Waals surface area contributed by atoms with E-state index in [0.29, 0.717) is 6.04 Å². The Hall–Kier alpha value is -1.63. The summed E-state index contributed by atoms with van der Waals surface area (Å²) in [6.07, 6.45) is 7.65. The minimum Gasteiger partial charge on any atom is -0.379 e. The van der Waals surface area contributed by atoms with Crippen LogP contribution in [0.3, 0.4) is 0 Å². The maximum Gasteiger partial charge on any atom is 0.329 e. The summed E-state index contributed by atoms with van der Waals surface area (Å²) in [7, 11) is 0. The van der Waals surface area contributed by atoms with Gasteiger partial charge in [-0.05, 0) is 75.0 Å². The maximum atomic E-state index is 13.7. The molecule has 5 rings (SSSR count). The molecule has 0 bridgehead atoms. The fourth-order valence-corrected chi connectivity index (χ4v) is 6.67. The van der Waals surface area contributed by atoms with Gasteiger partial charge in [0.15, 0.2) is 0 Å². The zero-order valence-corrected chi connectivity index (χ0v) is 21.5. The number of likely N-dealkylation sites (tertiary alicyclic amines) is 1. The number of imidazole rings is 1. The molecule has 1 aromatic carbocycles. The third-order valence-corrected chi connectivity index (χ3v) is 8.93. The summed E-state index contributed by atoms with van der Waals surface area (Å²) in [4.78, 5) is 18.9. The van der Waals surface area contributed by atoms with Crippen molar-refractivity contribution in [3.8, 4) is 0 Å². The second-order valence-electron chi connectivity index (χ2n) is 11.3. The second-order valence-corrected chi connectivity index (χ2v) is 11.3. The van der Waals surface area contributed by atoms with E-state index in [4.69, 9.17) is 4.74 Å². The van der Waals surface area contributed by atoms with E-state index in [1.165, 1.54) is 31.2 Å². The SMILES string of the molecule is Cc1ccc2c(c1)n(CCN1CCOCC1)c(=O)n2C1CCN(C2CCC(C(C)C)CC2)CC1. The molecule has 3 heterocycles. The number of aromatic nitrogens is 2. The molecule has 3 fully saturated rings. The van der Waals surface area contributed by atoms with E-state index in [1.54, 1.807) is 0 Å². The molecular weight excluding hydrogens is 424 g/mol. The quantitative estimate of drug-likeness (QED) is 0.634. The van der Waals surface area contributed by atoms with E-state index in [0.717, 1.165) is 94.2 Å². The number of rotatable bonds is 6. The predicted molar refractivity (Wildman–Crippen MR) is 139 cm³/mol. The van der Waals surface area contributed by atoms with E-state index >= 15 is 0 Å². The lowest BCUT2D eigenvalue weighted by atomic mass is 9.79. The number of nitrogens with zero attached hydrogens (tertiary/aromatic N) is 4. The lowest BCUT2D eigenvalue weighted by Crippen LogP contribution is -2.45. The highest BCUT2D eigenvalue weighted by atomic mass is 16.5. The van der Waals surface area contributed by atoms with Crippen LogP contribution in [0.2, 0.25) is 0 Å². The van der Waals surface area contributed by atoms with Gasteiger partial charge < -0.3 is 9.64 Å². The van der Waals surface area contributed by atoms with Crippen LogP contribution in [-0.4, -0.2) is 70.9 Å². The average molecular weight is 469 g/mol. The lowest BCUT2D eigenvalue weighted by Gasteiger charge is -2.41. The molecule has 1 saturated carbocycles. The Bertz CT molecular complexity index is 1000. The van der Waals surface area contributed by atoms with Crippen LogP contribution in [-0.2, 0) is 11.3 Å². The molecule has 3 aliphatic rings. The molecule has 6 nitrogen and oxygen atoms in total. The molecule has 0 N–H and O–H groups in total. The summed E-state index contributed by atoms with van der Waals surface area (Å²) in [6, 6.07) is 7.61. The summed E-state index contributed by atoms with van der Waals surface area (Å²) in [5.74, 6) is 1.74. The first-order chi connectivity index (χ1) is 16.5. The van der Waals surface area contributed by atoms with Crippen molar-refractivity contribution in [2.75, 3.05) is 45.9 Å². The average Bonchev–Trinajstić information content (AvgIpc) is 3.13. The number of ether oxygens (including phenoxy) is 1. The zero-order valence-electron chi connectivity index (χ0n) is 21.5. The van der Waals surface area contributed by atoms with Crippen LogP contribution < -0.4 is 5.69 Å². The molecule has 0 atom stereocenters. The van der Waals surface area contributed by atoms with Crippen LogP contribution in [0.5, 0.6) is 0 Å². The van der Waals surface area contributed by atoms with Crippen molar-refractivity contribution >= 4 is 11.0 Å². The van der Waals surface area contributed by atoms with E-state index < -0.39 is 0 Å². The predicted octanol–water partition coefficient (Wildman–Crippen LogP) is 4.30. The molecule has 1 aromatic heterocycles. The first-order valence-electron chi connectivity index (χ1n) is 13.8. The third-order valence-electron chi connectivity index (χ3n) is 8.93. The van der Waals surface area contributed by atoms with Crippen molar-refractivity contribution in [3.63, 3.8) is 0 Å². The Labute approximate surface area is 204 Å². The van der Waals surface area contributed by atoms with Crippen molar-refractivity contribution in [3.05, 3.63) is 34.2 Å². The number of hydrogen-bond acceptors (Lipinski definition) is 4. The standard InChI is InChI=1S/C28H44N4O2/c1-21(2)23-5-7-24(8-6-23)30-12-10-25(11-13-30)32-26-9-4-22(3)20-27(26)31(28(32)33)15-14-29-16-18-34-19-17-29/h4,9,20-21,23-25H,5-8,10-19H2,1-3H3. The van der Waals surface area contributed by atoms with Gasteiger partial charge in [-0.2, -0.15) is 0 Å². The minimum absolute atomic E-state index is 0.185. The van der Waals surface area contributed by atoms with Gasteiger partial charge in [0.1, 0.15) is 0 Å². The normalized spacial score (nSPS) is 26.0. The molecular formula is C28H44N4O2. The smallest absolute Gasteiger partial charge is 0.329 e. The van der Waals surface area contributed by atoms with Gasteiger partial charge in [-0.1, -0.05) is 19.9 Å². The third kappa shape index (κ3) is 5.00. The summed E-state index contributed by atoms with van der Waals surface area (Å²) in [5.41, 5.74) is 3.63. The van der Waals surface area contributed by atoms with Crippen molar-refractivity contribution in [1.29, 1.82) is 0 Å². The highest BCUT2D eigenvalue weighted by Gasteiger charge is 2.31. The van der Waals surface area contributed by atoms with Crippen molar-refractivity contribution < 1.29 is 4.74 Å². The van der Waals surface area contributed by atoms with Crippen molar-refractivity contribution in [2.45, 2.75) is 77.9 Å². The number of morpholine rings is 1. The van der Waals surface area contributed by atoms with Crippen LogP contribution in [0.1, 0.15) is 64.0 Å². The van der Waals surface area contributed by atoms with E-state index in [-0.39, 0.29) is 5.69 Å². The number of benzene rings is 1. The van der Waals surface area contributed by atoms with E-state index in [9.17, 15) is 4.79 Å². The van der Waals surface area contributed by atoms with Gasteiger partial charge in [0.25, 0.3) is 0 Å². The first-order valence-corrected chi connectivity index (χ1v) is 13.8. The van der Waals surface area contributed by atoms with Crippen molar-refractivity contribution in [2.24, 2.45) is 11.8 Å².